The molecule has 1 rings (SSSR count). The van der Waals surface area contributed by atoms with Crippen molar-refractivity contribution in [1.29, 1.82) is 0 Å². The molecule has 0 aromatic heterocycles. The fraction of sp³-hybridized carbons (Fsp3) is 0.533. The van der Waals surface area contributed by atoms with Gasteiger partial charge in [-0.1, -0.05) is 6.92 Å². The maximum atomic E-state index is 12.3. The Labute approximate surface area is 152 Å². The second kappa shape index (κ2) is 8.78. The molecule has 0 saturated heterocycles. The third kappa shape index (κ3) is 4.68. The zero-order valence-electron chi connectivity index (χ0n) is 13.6. The number of carbonyl (C=O) groups is 1. The summed E-state index contributed by atoms with van der Waals surface area (Å²) in [5.41, 5.74) is 11.8. The van der Waals surface area contributed by atoms with Gasteiger partial charge in [-0.3, -0.25) is 4.79 Å². The van der Waals surface area contributed by atoms with Crippen LogP contribution in [0.3, 0.4) is 0 Å². The monoisotopic (exact) mass is 396 g/mol. The average molecular weight is 397 g/mol. The van der Waals surface area contributed by atoms with Crippen molar-refractivity contribution in [3.05, 3.63) is 17.2 Å². The van der Waals surface area contributed by atoms with Gasteiger partial charge in [-0.05, 0) is 25.3 Å². The molecule has 136 valence electrons. The van der Waals surface area contributed by atoms with Crippen molar-refractivity contribution < 1.29 is 17.9 Å². The Morgan fingerprint density at radius 3 is 2.50 bits per heavy atom. The van der Waals surface area contributed by atoms with E-state index in [4.69, 9.17) is 39.4 Å². The van der Waals surface area contributed by atoms with Crippen LogP contribution in [-0.2, 0) is 16.3 Å². The molecule has 0 aliphatic rings. The lowest BCUT2D eigenvalue weighted by molar-refractivity contribution is 0.0997. The number of amides is 1. The van der Waals surface area contributed by atoms with Crippen LogP contribution < -0.4 is 16.2 Å². The molecule has 0 fully saturated rings. The first kappa shape index (κ1) is 20.9. The lowest BCUT2D eigenvalue weighted by atomic mass is 10.00. The van der Waals surface area contributed by atoms with Gasteiger partial charge in [-0.25, -0.2) is 8.42 Å². The van der Waals surface area contributed by atoms with E-state index in [9.17, 15) is 13.2 Å². The van der Waals surface area contributed by atoms with Gasteiger partial charge in [0.05, 0.1) is 29.0 Å². The second-order valence-corrected chi connectivity index (χ2v) is 8.49. The molecule has 4 N–H and O–H groups in total. The van der Waals surface area contributed by atoms with Crippen LogP contribution in [0.15, 0.2) is 11.0 Å². The van der Waals surface area contributed by atoms with Crippen molar-refractivity contribution in [2.45, 2.75) is 36.5 Å². The van der Waals surface area contributed by atoms with Gasteiger partial charge in [-0.2, -0.15) is 0 Å². The van der Waals surface area contributed by atoms with E-state index in [-0.39, 0.29) is 39.4 Å². The summed E-state index contributed by atoms with van der Waals surface area (Å²) < 4.78 is 29.8. The first-order valence-electron chi connectivity index (χ1n) is 7.41. The van der Waals surface area contributed by atoms with E-state index >= 15 is 0 Å². The summed E-state index contributed by atoms with van der Waals surface area (Å²) in [6.07, 6.45) is 1.55. The largest absolute Gasteiger partial charge is 0.496 e. The van der Waals surface area contributed by atoms with Crippen LogP contribution in [0.5, 0.6) is 5.75 Å². The van der Waals surface area contributed by atoms with E-state index in [0.717, 1.165) is 0 Å². The quantitative estimate of drug-likeness (QED) is 0.491. The molecular formula is C15H22Cl2N2O4S. The van der Waals surface area contributed by atoms with Gasteiger partial charge < -0.3 is 16.2 Å². The summed E-state index contributed by atoms with van der Waals surface area (Å²) in [6.45, 7) is 1.49. The summed E-state index contributed by atoms with van der Waals surface area (Å²) in [5.74, 6) is -0.330. The number of anilines is 1. The Morgan fingerprint density at radius 2 is 2.04 bits per heavy atom. The third-order valence-corrected chi connectivity index (χ3v) is 6.05. The van der Waals surface area contributed by atoms with Crippen LogP contribution in [0.1, 0.15) is 35.7 Å². The molecule has 0 aliphatic heterocycles. The van der Waals surface area contributed by atoms with Gasteiger partial charge in [0.25, 0.3) is 5.91 Å². The molecule has 6 nitrogen and oxygen atoms in total. The number of benzene rings is 1. The summed E-state index contributed by atoms with van der Waals surface area (Å²) >= 11 is 12.0. The summed E-state index contributed by atoms with van der Waals surface area (Å²) in [4.78, 5) is 11.6. The minimum Gasteiger partial charge on any atom is -0.496 e. The van der Waals surface area contributed by atoms with Crippen molar-refractivity contribution in [2.24, 2.45) is 5.73 Å². The van der Waals surface area contributed by atoms with Crippen molar-refractivity contribution in [3.8, 4) is 5.75 Å². The first-order valence-corrected chi connectivity index (χ1v) is 10.0. The van der Waals surface area contributed by atoms with Crippen LogP contribution >= 0.6 is 23.2 Å². The molecule has 1 unspecified atom stereocenters. The van der Waals surface area contributed by atoms with Crippen LogP contribution in [0.2, 0.25) is 0 Å². The van der Waals surface area contributed by atoms with Crippen LogP contribution in [0.4, 0.5) is 5.69 Å². The third-order valence-electron chi connectivity index (χ3n) is 3.65. The molecule has 0 saturated carbocycles. The molecule has 1 aromatic rings. The Hall–Kier alpha value is -1.18. The van der Waals surface area contributed by atoms with E-state index in [1.807, 2.05) is 0 Å². The number of carbonyl (C=O) groups excluding carboxylic acids is 1. The van der Waals surface area contributed by atoms with Gasteiger partial charge in [0.15, 0.2) is 9.84 Å². The molecule has 1 atom stereocenters. The smallest absolute Gasteiger partial charge is 0.252 e. The normalized spacial score (nSPS) is 12.8. The number of ether oxygens (including phenoxy) is 1. The Kier molecular flexibility index (Phi) is 7.63. The molecule has 0 spiro atoms. The Balaban J connectivity index is 3.56. The minimum atomic E-state index is -3.64. The number of methoxy groups -OCH3 is 1. The highest BCUT2D eigenvalue weighted by Gasteiger charge is 2.26. The van der Waals surface area contributed by atoms with E-state index in [0.29, 0.717) is 24.3 Å². The van der Waals surface area contributed by atoms with E-state index < -0.39 is 15.7 Å². The molecule has 0 aliphatic carbocycles. The highest BCUT2D eigenvalue weighted by atomic mass is 35.5. The van der Waals surface area contributed by atoms with Crippen molar-refractivity contribution in [1.82, 2.24) is 0 Å². The zero-order valence-corrected chi connectivity index (χ0v) is 16.0. The van der Waals surface area contributed by atoms with Crippen LogP contribution in [0.25, 0.3) is 0 Å². The predicted molar refractivity (Wildman–Crippen MR) is 97.0 cm³/mol. The van der Waals surface area contributed by atoms with Gasteiger partial charge in [0, 0.05) is 16.8 Å². The minimum absolute atomic E-state index is 0.0325. The van der Waals surface area contributed by atoms with Crippen molar-refractivity contribution in [2.75, 3.05) is 24.5 Å². The molecule has 1 aromatic carbocycles. The first-order chi connectivity index (χ1) is 11.2. The molecular weight excluding hydrogens is 375 g/mol. The van der Waals surface area contributed by atoms with Crippen LogP contribution in [-0.4, -0.2) is 38.4 Å². The molecule has 24 heavy (non-hydrogen) atoms. The Morgan fingerprint density at radius 1 is 1.42 bits per heavy atom. The maximum absolute atomic E-state index is 12.3. The van der Waals surface area contributed by atoms with E-state index in [1.54, 1.807) is 0 Å². The number of rotatable bonds is 9. The average Bonchev–Trinajstić information content (AvgIpc) is 2.53. The van der Waals surface area contributed by atoms with Gasteiger partial charge in [0.2, 0.25) is 0 Å². The topological polar surface area (TPSA) is 112 Å². The van der Waals surface area contributed by atoms with Crippen molar-refractivity contribution >= 4 is 44.6 Å². The second-order valence-electron chi connectivity index (χ2n) is 5.25. The van der Waals surface area contributed by atoms with Crippen molar-refractivity contribution in [3.63, 3.8) is 0 Å². The Bertz CT molecular complexity index is 708. The van der Waals surface area contributed by atoms with Gasteiger partial charge >= 0.3 is 0 Å². The summed E-state index contributed by atoms with van der Waals surface area (Å²) in [7, 11) is -2.28. The zero-order chi connectivity index (χ0) is 18.5. The molecule has 1 amide bonds. The maximum Gasteiger partial charge on any atom is 0.252 e. The molecule has 9 heteroatoms. The number of nitrogen functional groups attached to an aromatic ring is 1. The van der Waals surface area contributed by atoms with E-state index in [1.165, 1.54) is 20.1 Å². The van der Waals surface area contributed by atoms with Gasteiger partial charge in [-0.15, -0.1) is 23.2 Å². The number of primary amides is 1. The molecule has 0 radical (unpaired) electrons. The van der Waals surface area contributed by atoms with Gasteiger partial charge in [0.1, 0.15) is 5.75 Å². The van der Waals surface area contributed by atoms with E-state index in [2.05, 4.69) is 0 Å². The lowest BCUT2D eigenvalue weighted by Crippen LogP contribution is -2.19. The lowest BCUT2D eigenvalue weighted by Gasteiger charge is -2.19. The number of alkyl halides is 2. The summed E-state index contributed by atoms with van der Waals surface area (Å²) in [5, 5.41) is -0.333. The highest BCUT2D eigenvalue weighted by molar-refractivity contribution is 7.91. The standard InChI is InChI=1S/C15H22Cl2N2O4S/c1-3-24(21,22)12-8-11(15(19)20)14(23-2)10(13(12)18)7-9(17)5-4-6-16/h8-9H,3-7,18H2,1-2H3,(H2,19,20). The predicted octanol–water partition coefficient (Wildman–Crippen LogP) is 2.34. The number of halogens is 2. The summed E-state index contributed by atoms with van der Waals surface area (Å²) in [6, 6.07) is 1.17. The highest BCUT2D eigenvalue weighted by Crippen LogP contribution is 2.36. The van der Waals surface area contributed by atoms with Crippen LogP contribution in [0, 0.1) is 0 Å². The number of hydrogen-bond acceptors (Lipinski definition) is 5. The molecule has 0 heterocycles. The number of nitrogens with two attached hydrogens (primary N) is 2. The molecule has 0 bridgehead atoms. The fourth-order valence-electron chi connectivity index (χ4n) is 2.36. The number of sulfone groups is 1. The fourth-order valence-corrected chi connectivity index (χ4v) is 3.89. The SMILES string of the molecule is CCS(=O)(=O)c1cc(C(N)=O)c(OC)c(CC(Cl)CCCCl)c1N. The number of hydrogen-bond donors (Lipinski definition) is 2.